The molecule has 1 aliphatic rings. The van der Waals surface area contributed by atoms with Gasteiger partial charge < -0.3 is 11.5 Å². The van der Waals surface area contributed by atoms with Crippen molar-refractivity contribution in [3.63, 3.8) is 0 Å². The zero-order valence-electron chi connectivity index (χ0n) is 7.30. The predicted octanol–water partition coefficient (Wildman–Crippen LogP) is 1.52. The minimum absolute atomic E-state index is 0.211. The van der Waals surface area contributed by atoms with Gasteiger partial charge in [-0.15, -0.1) is 0 Å². The summed E-state index contributed by atoms with van der Waals surface area (Å²) in [6.07, 6.45) is 2.18. The van der Waals surface area contributed by atoms with Crippen molar-refractivity contribution in [1.82, 2.24) is 0 Å². The number of nitrogens with two attached hydrogens (primary N) is 2. The van der Waals surface area contributed by atoms with Gasteiger partial charge in [0.25, 0.3) is 0 Å². The molecule has 2 heteroatoms. The van der Waals surface area contributed by atoms with Crippen LogP contribution in [0, 0.1) is 6.92 Å². The van der Waals surface area contributed by atoms with Crippen LogP contribution in [-0.4, -0.2) is 0 Å². The highest BCUT2D eigenvalue weighted by molar-refractivity contribution is 5.53. The van der Waals surface area contributed by atoms with E-state index in [2.05, 4.69) is 6.07 Å². The van der Waals surface area contributed by atoms with Crippen molar-refractivity contribution >= 4 is 5.69 Å². The maximum Gasteiger partial charge on any atom is 0.0347 e. The van der Waals surface area contributed by atoms with Crippen LogP contribution in [0.15, 0.2) is 12.1 Å². The number of benzene rings is 1. The largest absolute Gasteiger partial charge is 0.399 e. The van der Waals surface area contributed by atoms with Gasteiger partial charge in [0.2, 0.25) is 0 Å². The Bertz CT molecular complexity index is 318. The van der Waals surface area contributed by atoms with Gasteiger partial charge in [-0.05, 0) is 42.5 Å². The van der Waals surface area contributed by atoms with Crippen molar-refractivity contribution in [2.75, 3.05) is 5.73 Å². The van der Waals surface area contributed by atoms with Crippen molar-refractivity contribution in [2.24, 2.45) is 5.73 Å². The van der Waals surface area contributed by atoms with Crippen LogP contribution in [0.2, 0.25) is 0 Å². The van der Waals surface area contributed by atoms with Crippen LogP contribution < -0.4 is 11.5 Å². The first kappa shape index (κ1) is 7.62. The van der Waals surface area contributed by atoms with Gasteiger partial charge in [-0.2, -0.15) is 0 Å². The molecule has 1 aromatic rings. The summed E-state index contributed by atoms with van der Waals surface area (Å²) in [7, 11) is 0. The third kappa shape index (κ3) is 0.994. The fourth-order valence-electron chi connectivity index (χ4n) is 1.83. The molecule has 4 N–H and O–H groups in total. The average molecular weight is 162 g/mol. The molecule has 0 bridgehead atoms. The number of hydrogen-bond acceptors (Lipinski definition) is 2. The molecular weight excluding hydrogens is 148 g/mol. The van der Waals surface area contributed by atoms with Crippen molar-refractivity contribution in [2.45, 2.75) is 25.8 Å². The number of anilines is 1. The Morgan fingerprint density at radius 2 is 2.17 bits per heavy atom. The van der Waals surface area contributed by atoms with E-state index in [1.54, 1.807) is 0 Å². The lowest BCUT2D eigenvalue weighted by atomic mass is 10.0. The molecule has 0 aliphatic heterocycles. The summed E-state index contributed by atoms with van der Waals surface area (Å²) in [4.78, 5) is 0. The molecule has 0 aromatic heterocycles. The van der Waals surface area contributed by atoms with Gasteiger partial charge in [-0.25, -0.2) is 0 Å². The minimum atomic E-state index is 0.211. The number of aryl methyl sites for hydroxylation is 2. The summed E-state index contributed by atoms with van der Waals surface area (Å²) in [5, 5.41) is 0. The van der Waals surface area contributed by atoms with E-state index in [1.807, 2.05) is 13.0 Å². The van der Waals surface area contributed by atoms with Crippen LogP contribution in [0.5, 0.6) is 0 Å². The molecule has 1 aromatic carbocycles. The normalized spacial score (nSPS) is 21.0. The van der Waals surface area contributed by atoms with Gasteiger partial charge in [0.1, 0.15) is 0 Å². The van der Waals surface area contributed by atoms with E-state index in [0.717, 1.165) is 18.5 Å². The molecule has 0 saturated heterocycles. The number of hydrogen-bond donors (Lipinski definition) is 2. The Balaban J connectivity index is 2.56. The molecule has 0 saturated carbocycles. The summed E-state index contributed by atoms with van der Waals surface area (Å²) in [5.41, 5.74) is 16.4. The molecule has 0 fully saturated rings. The van der Waals surface area contributed by atoms with E-state index in [4.69, 9.17) is 11.5 Å². The van der Waals surface area contributed by atoms with Gasteiger partial charge in [-0.1, -0.05) is 6.07 Å². The lowest BCUT2D eigenvalue weighted by Gasteiger charge is -2.07. The van der Waals surface area contributed by atoms with Crippen LogP contribution in [0.25, 0.3) is 0 Å². The van der Waals surface area contributed by atoms with Crippen LogP contribution >= 0.6 is 0 Å². The van der Waals surface area contributed by atoms with Crippen molar-refractivity contribution < 1.29 is 0 Å². The van der Waals surface area contributed by atoms with E-state index in [-0.39, 0.29) is 6.04 Å². The van der Waals surface area contributed by atoms with Gasteiger partial charge in [-0.3, -0.25) is 0 Å². The lowest BCUT2D eigenvalue weighted by Crippen LogP contribution is -2.06. The van der Waals surface area contributed by atoms with Gasteiger partial charge >= 0.3 is 0 Å². The van der Waals surface area contributed by atoms with Gasteiger partial charge in [0, 0.05) is 11.7 Å². The second kappa shape index (κ2) is 2.49. The fourth-order valence-corrected chi connectivity index (χ4v) is 1.83. The first-order valence-corrected chi connectivity index (χ1v) is 4.33. The molecule has 1 unspecified atom stereocenters. The third-order valence-corrected chi connectivity index (χ3v) is 2.65. The van der Waals surface area contributed by atoms with Gasteiger partial charge in [0.15, 0.2) is 0 Å². The fraction of sp³-hybridized carbons (Fsp3) is 0.400. The standard InChI is InChI=1S/C10H14N2/c1-6-4-7-2-3-9(11)8(7)5-10(6)12/h4-5,9H,2-3,11-12H2,1H3. The molecule has 0 spiro atoms. The van der Waals surface area contributed by atoms with Crippen LogP contribution in [-0.2, 0) is 6.42 Å². The topological polar surface area (TPSA) is 52.0 Å². The average Bonchev–Trinajstić information content (AvgIpc) is 2.35. The molecule has 2 nitrogen and oxygen atoms in total. The second-order valence-corrected chi connectivity index (χ2v) is 3.55. The smallest absolute Gasteiger partial charge is 0.0347 e. The Morgan fingerprint density at radius 3 is 2.92 bits per heavy atom. The summed E-state index contributed by atoms with van der Waals surface area (Å²) < 4.78 is 0. The number of rotatable bonds is 0. The number of fused-ring (bicyclic) bond motifs is 1. The molecular formula is C10H14N2. The zero-order chi connectivity index (χ0) is 8.72. The van der Waals surface area contributed by atoms with E-state index < -0.39 is 0 Å². The molecule has 0 amide bonds. The molecule has 1 atom stereocenters. The van der Waals surface area contributed by atoms with E-state index in [0.29, 0.717) is 0 Å². The minimum Gasteiger partial charge on any atom is -0.399 e. The van der Waals surface area contributed by atoms with Gasteiger partial charge in [0.05, 0.1) is 0 Å². The maximum atomic E-state index is 5.91. The molecule has 1 aliphatic carbocycles. The highest BCUT2D eigenvalue weighted by atomic mass is 14.7. The molecule has 12 heavy (non-hydrogen) atoms. The predicted molar refractivity (Wildman–Crippen MR) is 50.8 cm³/mol. The Hall–Kier alpha value is -1.02. The molecule has 64 valence electrons. The van der Waals surface area contributed by atoms with E-state index in [1.165, 1.54) is 16.7 Å². The Kier molecular flexibility index (Phi) is 1.58. The molecule has 0 heterocycles. The first-order chi connectivity index (χ1) is 5.68. The van der Waals surface area contributed by atoms with Crippen molar-refractivity contribution in [3.8, 4) is 0 Å². The Labute approximate surface area is 72.6 Å². The number of nitrogen functional groups attached to an aromatic ring is 1. The monoisotopic (exact) mass is 162 g/mol. The summed E-state index contributed by atoms with van der Waals surface area (Å²) in [6.45, 7) is 2.04. The van der Waals surface area contributed by atoms with Crippen LogP contribution in [0.3, 0.4) is 0 Å². The lowest BCUT2D eigenvalue weighted by molar-refractivity contribution is 0.713. The van der Waals surface area contributed by atoms with E-state index in [9.17, 15) is 0 Å². The summed E-state index contributed by atoms with van der Waals surface area (Å²) >= 11 is 0. The highest BCUT2D eigenvalue weighted by Crippen LogP contribution is 2.32. The summed E-state index contributed by atoms with van der Waals surface area (Å²) in [6, 6.07) is 4.41. The first-order valence-electron chi connectivity index (χ1n) is 4.33. The quantitative estimate of drug-likeness (QED) is 0.568. The molecule has 2 rings (SSSR count). The third-order valence-electron chi connectivity index (χ3n) is 2.65. The van der Waals surface area contributed by atoms with Crippen LogP contribution in [0.1, 0.15) is 29.2 Å². The van der Waals surface area contributed by atoms with Crippen molar-refractivity contribution in [3.05, 3.63) is 28.8 Å². The Morgan fingerprint density at radius 1 is 1.42 bits per heavy atom. The zero-order valence-corrected chi connectivity index (χ0v) is 7.30. The SMILES string of the molecule is Cc1cc2c(cc1N)C(N)CC2. The maximum absolute atomic E-state index is 5.91. The highest BCUT2D eigenvalue weighted by Gasteiger charge is 2.19. The van der Waals surface area contributed by atoms with E-state index >= 15 is 0 Å². The second-order valence-electron chi connectivity index (χ2n) is 3.55. The van der Waals surface area contributed by atoms with Crippen LogP contribution in [0.4, 0.5) is 5.69 Å². The molecule has 0 radical (unpaired) electrons. The summed E-state index contributed by atoms with van der Waals surface area (Å²) in [5.74, 6) is 0. The van der Waals surface area contributed by atoms with Crippen molar-refractivity contribution in [1.29, 1.82) is 0 Å².